The number of hydrogen-bond donors (Lipinski definition) is 2. The number of morpholine rings is 1. The van der Waals surface area contributed by atoms with Crippen molar-refractivity contribution in [2.24, 2.45) is 0 Å². The van der Waals surface area contributed by atoms with Crippen molar-refractivity contribution < 1.29 is 19.1 Å². The third-order valence-electron chi connectivity index (χ3n) is 4.68. The maximum atomic E-state index is 12.3. The molecule has 1 fully saturated rings. The molecule has 150 valence electrons. The molecule has 1 atom stereocenters. The van der Waals surface area contributed by atoms with E-state index in [9.17, 15) is 9.59 Å². The van der Waals surface area contributed by atoms with Gasteiger partial charge in [-0.05, 0) is 12.1 Å². The van der Waals surface area contributed by atoms with Crippen molar-refractivity contribution in [1.29, 1.82) is 0 Å². The molecule has 1 aliphatic heterocycles. The summed E-state index contributed by atoms with van der Waals surface area (Å²) in [5, 5.41) is 6.31. The molecule has 2 amide bonds. The van der Waals surface area contributed by atoms with Gasteiger partial charge in [-0.1, -0.05) is 18.2 Å². The van der Waals surface area contributed by atoms with E-state index in [2.05, 4.69) is 10.6 Å². The zero-order chi connectivity index (χ0) is 19.9. The molecular weight excluding hydrogens is 360 g/mol. The summed E-state index contributed by atoms with van der Waals surface area (Å²) in [6.45, 7) is 2.98. The van der Waals surface area contributed by atoms with Crippen LogP contribution < -0.4 is 10.6 Å². The van der Waals surface area contributed by atoms with Crippen LogP contribution in [0.1, 0.15) is 22.2 Å². The number of rotatable bonds is 7. The van der Waals surface area contributed by atoms with E-state index in [0.717, 1.165) is 10.9 Å². The van der Waals surface area contributed by atoms with Crippen LogP contribution in [0, 0.1) is 0 Å². The molecule has 0 saturated carbocycles. The summed E-state index contributed by atoms with van der Waals surface area (Å²) in [5.74, 6) is -0.208. The third kappa shape index (κ3) is 4.83. The maximum Gasteiger partial charge on any atom is 0.251 e. The van der Waals surface area contributed by atoms with Crippen LogP contribution in [-0.2, 0) is 14.3 Å². The molecule has 3 rings (SSSR count). The maximum absolute atomic E-state index is 12.3. The number of pyridine rings is 1. The molecular formula is C20H26N4O4. The molecule has 2 N–H and O–H groups in total. The number of methoxy groups -OCH3 is 1. The number of carbonyl (C=O) groups excluding carboxylic acids is 2. The summed E-state index contributed by atoms with van der Waals surface area (Å²) in [6.07, 6.45) is -0.298. The number of carbonyl (C=O) groups is 2. The minimum absolute atomic E-state index is 0.0461. The van der Waals surface area contributed by atoms with E-state index in [4.69, 9.17) is 14.5 Å². The number of para-hydroxylation sites is 1. The molecule has 8 nitrogen and oxygen atoms in total. The van der Waals surface area contributed by atoms with Crippen LogP contribution in [0.5, 0.6) is 0 Å². The smallest absolute Gasteiger partial charge is 0.251 e. The van der Waals surface area contributed by atoms with E-state index in [1.807, 2.05) is 29.2 Å². The Kier molecular flexibility index (Phi) is 6.91. The first kappa shape index (κ1) is 20.2. The SMILES string of the molecule is CNC(=O)c1cc(C2CN(CC(=O)NCCOC)CCO2)nc2ccccc12. The van der Waals surface area contributed by atoms with Crippen LogP contribution in [0.4, 0.5) is 0 Å². The van der Waals surface area contributed by atoms with Crippen molar-refractivity contribution in [2.45, 2.75) is 6.10 Å². The molecule has 1 aromatic heterocycles. The Morgan fingerprint density at radius 3 is 2.96 bits per heavy atom. The minimum atomic E-state index is -0.298. The van der Waals surface area contributed by atoms with Gasteiger partial charge in [0.2, 0.25) is 5.91 Å². The first-order valence-electron chi connectivity index (χ1n) is 9.33. The van der Waals surface area contributed by atoms with Gasteiger partial charge >= 0.3 is 0 Å². The highest BCUT2D eigenvalue weighted by Crippen LogP contribution is 2.26. The summed E-state index contributed by atoms with van der Waals surface area (Å²) in [7, 11) is 3.21. The van der Waals surface area contributed by atoms with Gasteiger partial charge in [0.15, 0.2) is 0 Å². The first-order valence-corrected chi connectivity index (χ1v) is 9.33. The normalized spacial score (nSPS) is 17.4. The van der Waals surface area contributed by atoms with Crippen LogP contribution >= 0.6 is 0 Å². The van der Waals surface area contributed by atoms with Crippen LogP contribution in [0.3, 0.4) is 0 Å². The Labute approximate surface area is 164 Å². The van der Waals surface area contributed by atoms with E-state index in [0.29, 0.717) is 50.7 Å². The van der Waals surface area contributed by atoms with Gasteiger partial charge < -0.3 is 20.1 Å². The van der Waals surface area contributed by atoms with Gasteiger partial charge in [0.05, 0.1) is 36.5 Å². The molecule has 0 bridgehead atoms. The molecule has 0 spiro atoms. The van der Waals surface area contributed by atoms with E-state index >= 15 is 0 Å². The zero-order valence-corrected chi connectivity index (χ0v) is 16.2. The highest BCUT2D eigenvalue weighted by molar-refractivity contribution is 6.06. The van der Waals surface area contributed by atoms with Crippen molar-refractivity contribution in [1.82, 2.24) is 20.5 Å². The lowest BCUT2D eigenvalue weighted by molar-refractivity contribution is -0.124. The minimum Gasteiger partial charge on any atom is -0.383 e. The second-order valence-electron chi connectivity index (χ2n) is 6.63. The molecule has 0 radical (unpaired) electrons. The number of nitrogens with one attached hydrogen (secondary N) is 2. The highest BCUT2D eigenvalue weighted by Gasteiger charge is 2.26. The summed E-state index contributed by atoms with van der Waals surface area (Å²) in [5.41, 5.74) is 2.01. The number of fused-ring (bicyclic) bond motifs is 1. The Morgan fingerprint density at radius 2 is 2.18 bits per heavy atom. The topological polar surface area (TPSA) is 92.8 Å². The lowest BCUT2D eigenvalue weighted by atomic mass is 10.0. The fourth-order valence-corrected chi connectivity index (χ4v) is 3.26. The summed E-state index contributed by atoms with van der Waals surface area (Å²) in [4.78, 5) is 31.1. The van der Waals surface area contributed by atoms with Gasteiger partial charge in [-0.15, -0.1) is 0 Å². The average molecular weight is 386 g/mol. The fourth-order valence-electron chi connectivity index (χ4n) is 3.26. The number of amides is 2. The van der Waals surface area contributed by atoms with E-state index in [1.54, 1.807) is 20.2 Å². The van der Waals surface area contributed by atoms with Crippen LogP contribution in [-0.4, -0.2) is 75.2 Å². The van der Waals surface area contributed by atoms with Gasteiger partial charge in [0.25, 0.3) is 5.91 Å². The number of benzene rings is 1. The summed E-state index contributed by atoms with van der Waals surface area (Å²) in [6, 6.07) is 9.33. The average Bonchev–Trinajstić information content (AvgIpc) is 2.72. The number of ether oxygens (including phenoxy) is 2. The largest absolute Gasteiger partial charge is 0.383 e. The molecule has 1 aromatic carbocycles. The van der Waals surface area contributed by atoms with Gasteiger partial charge in [-0.25, -0.2) is 4.98 Å². The fraction of sp³-hybridized carbons (Fsp3) is 0.450. The van der Waals surface area contributed by atoms with Gasteiger partial charge in [-0.2, -0.15) is 0 Å². The zero-order valence-electron chi connectivity index (χ0n) is 16.2. The Morgan fingerprint density at radius 1 is 1.36 bits per heavy atom. The van der Waals surface area contributed by atoms with Crippen molar-refractivity contribution in [2.75, 3.05) is 53.6 Å². The third-order valence-corrected chi connectivity index (χ3v) is 4.68. The molecule has 0 aliphatic carbocycles. The second kappa shape index (κ2) is 9.59. The predicted octanol–water partition coefficient (Wildman–Crippen LogP) is 0.730. The molecule has 1 unspecified atom stereocenters. The molecule has 8 heteroatoms. The monoisotopic (exact) mass is 386 g/mol. The quantitative estimate of drug-likeness (QED) is 0.682. The van der Waals surface area contributed by atoms with Crippen LogP contribution in [0.2, 0.25) is 0 Å². The summed E-state index contributed by atoms with van der Waals surface area (Å²) < 4.78 is 10.8. The van der Waals surface area contributed by atoms with Crippen molar-refractivity contribution in [3.05, 3.63) is 41.6 Å². The van der Waals surface area contributed by atoms with Crippen molar-refractivity contribution in [3.8, 4) is 0 Å². The highest BCUT2D eigenvalue weighted by atomic mass is 16.5. The van der Waals surface area contributed by atoms with Gasteiger partial charge in [0.1, 0.15) is 6.10 Å². The first-order chi connectivity index (χ1) is 13.6. The number of hydrogen-bond acceptors (Lipinski definition) is 6. The number of nitrogens with zero attached hydrogens (tertiary/aromatic N) is 2. The van der Waals surface area contributed by atoms with Crippen molar-refractivity contribution in [3.63, 3.8) is 0 Å². The van der Waals surface area contributed by atoms with Gasteiger partial charge in [-0.3, -0.25) is 14.5 Å². The lowest BCUT2D eigenvalue weighted by Crippen LogP contribution is -2.44. The lowest BCUT2D eigenvalue weighted by Gasteiger charge is -2.32. The molecule has 2 heterocycles. The standard InChI is InChI=1S/C20H26N4O4/c1-21-20(26)15-11-17(23-16-6-4-3-5-14(15)16)18-12-24(8-10-28-18)13-19(25)22-7-9-27-2/h3-6,11,18H,7-10,12-13H2,1-2H3,(H,21,26)(H,22,25). The van der Waals surface area contributed by atoms with Crippen LogP contribution in [0.25, 0.3) is 10.9 Å². The summed E-state index contributed by atoms with van der Waals surface area (Å²) >= 11 is 0. The molecule has 28 heavy (non-hydrogen) atoms. The molecule has 1 saturated heterocycles. The molecule has 2 aromatic rings. The van der Waals surface area contributed by atoms with Crippen molar-refractivity contribution >= 4 is 22.7 Å². The Hall–Kier alpha value is -2.55. The van der Waals surface area contributed by atoms with E-state index < -0.39 is 0 Å². The predicted molar refractivity (Wildman–Crippen MR) is 105 cm³/mol. The van der Waals surface area contributed by atoms with E-state index in [-0.39, 0.29) is 17.9 Å². The number of aromatic nitrogens is 1. The van der Waals surface area contributed by atoms with Gasteiger partial charge in [0, 0.05) is 39.2 Å². The second-order valence-corrected chi connectivity index (χ2v) is 6.63. The Balaban J connectivity index is 1.76. The van der Waals surface area contributed by atoms with E-state index in [1.165, 1.54) is 0 Å². The molecule has 1 aliphatic rings. The Bertz CT molecular complexity index is 842. The van der Waals surface area contributed by atoms with Crippen LogP contribution in [0.15, 0.2) is 30.3 Å².